The van der Waals surface area contributed by atoms with Gasteiger partial charge in [-0.2, -0.15) is 0 Å². The van der Waals surface area contributed by atoms with Crippen molar-refractivity contribution in [3.63, 3.8) is 0 Å². The van der Waals surface area contributed by atoms with Gasteiger partial charge in [0, 0.05) is 33.3 Å². The molecule has 0 radical (unpaired) electrons. The zero-order valence-corrected chi connectivity index (χ0v) is 17.5. The highest BCUT2D eigenvalue weighted by atomic mass is 19.1. The molecule has 0 saturated carbocycles. The van der Waals surface area contributed by atoms with Gasteiger partial charge >= 0.3 is 0 Å². The Kier molecular flexibility index (Phi) is 6.60. The first-order chi connectivity index (χ1) is 15.1. The summed E-state index contributed by atoms with van der Waals surface area (Å²) in [5.74, 6) is -1.21. The highest BCUT2D eigenvalue weighted by molar-refractivity contribution is 5.98. The summed E-state index contributed by atoms with van der Waals surface area (Å²) in [7, 11) is 1.64. The third-order valence-corrected chi connectivity index (χ3v) is 5.94. The van der Waals surface area contributed by atoms with E-state index < -0.39 is 5.92 Å². The predicted molar refractivity (Wildman–Crippen MR) is 114 cm³/mol. The zero-order valence-electron chi connectivity index (χ0n) is 17.5. The van der Waals surface area contributed by atoms with Crippen molar-refractivity contribution >= 4 is 17.5 Å². The normalized spacial score (nSPS) is 23.6. The number of carbonyl (C=O) groups is 2. The molecule has 3 atom stereocenters. The number of hydrogen-bond acceptors (Lipinski definition) is 5. The van der Waals surface area contributed by atoms with Crippen LogP contribution in [0.4, 0.5) is 10.1 Å². The smallest absolute Gasteiger partial charge is 0.247 e. The lowest BCUT2D eigenvalue weighted by atomic mass is 9.84. The summed E-state index contributed by atoms with van der Waals surface area (Å²) in [6.07, 6.45) is 0. The van der Waals surface area contributed by atoms with E-state index >= 15 is 0 Å². The molecule has 2 aromatic carbocycles. The topological polar surface area (TPSA) is 73.9 Å². The monoisotopic (exact) mass is 426 g/mol. The molecule has 2 amide bonds. The maximum Gasteiger partial charge on any atom is 0.247 e. The molecule has 2 aromatic rings. The number of halogens is 1. The number of likely N-dealkylation sites (tertiary alicyclic amines) is 1. The summed E-state index contributed by atoms with van der Waals surface area (Å²) in [4.78, 5) is 28.4. The van der Waals surface area contributed by atoms with Crippen LogP contribution in [-0.4, -0.2) is 56.1 Å². The van der Waals surface area contributed by atoms with Gasteiger partial charge in [0.2, 0.25) is 11.8 Å². The largest absolute Gasteiger partial charge is 0.383 e. The van der Waals surface area contributed by atoms with Crippen molar-refractivity contribution in [3.8, 4) is 0 Å². The highest BCUT2D eigenvalue weighted by Gasteiger charge is 2.50. The van der Waals surface area contributed by atoms with E-state index in [2.05, 4.69) is 15.6 Å². The number of amides is 2. The number of piperidine rings is 1. The Morgan fingerprint density at radius 1 is 1.16 bits per heavy atom. The fourth-order valence-electron chi connectivity index (χ4n) is 4.28. The summed E-state index contributed by atoms with van der Waals surface area (Å²) in [6, 6.07) is 15.2. The van der Waals surface area contributed by atoms with E-state index in [0.29, 0.717) is 32.8 Å². The van der Waals surface area contributed by atoms with Gasteiger partial charge in [0.25, 0.3) is 0 Å². The Morgan fingerprint density at radius 3 is 2.61 bits per heavy atom. The molecule has 2 aliphatic rings. The lowest BCUT2D eigenvalue weighted by molar-refractivity contribution is -0.130. The molecule has 2 heterocycles. The van der Waals surface area contributed by atoms with Crippen LogP contribution in [0.1, 0.15) is 5.56 Å². The summed E-state index contributed by atoms with van der Waals surface area (Å²) < 4.78 is 18.3. The molecule has 2 N–H and O–H groups in total. The standard InChI is InChI=1S/C23H27FN4O3/c1-31-12-11-27-14-19(22(29)25-13-16-7-9-17(24)10-8-16)21-20(15-27)23(30)28(26-21)18-5-3-2-4-6-18/h2-10,19-21,26H,11-15H2,1H3,(H,25,29). The van der Waals surface area contributed by atoms with Crippen LogP contribution in [-0.2, 0) is 20.9 Å². The maximum absolute atomic E-state index is 13.2. The minimum Gasteiger partial charge on any atom is -0.383 e. The van der Waals surface area contributed by atoms with Crippen LogP contribution < -0.4 is 15.8 Å². The lowest BCUT2D eigenvalue weighted by Gasteiger charge is -2.38. The van der Waals surface area contributed by atoms with Crippen LogP contribution in [0.2, 0.25) is 0 Å². The van der Waals surface area contributed by atoms with Crippen molar-refractivity contribution in [1.82, 2.24) is 15.6 Å². The molecule has 3 unspecified atom stereocenters. The van der Waals surface area contributed by atoms with Crippen LogP contribution in [0.3, 0.4) is 0 Å². The molecule has 0 aliphatic carbocycles. The number of nitrogens with zero attached hydrogens (tertiary/aromatic N) is 2. The predicted octanol–water partition coefficient (Wildman–Crippen LogP) is 1.56. The van der Waals surface area contributed by atoms with E-state index in [0.717, 1.165) is 11.3 Å². The lowest BCUT2D eigenvalue weighted by Crippen LogP contribution is -2.57. The van der Waals surface area contributed by atoms with Crippen molar-refractivity contribution in [2.75, 3.05) is 38.4 Å². The van der Waals surface area contributed by atoms with Gasteiger partial charge < -0.3 is 10.1 Å². The quantitative estimate of drug-likeness (QED) is 0.703. The van der Waals surface area contributed by atoms with E-state index in [1.807, 2.05) is 30.3 Å². The number of rotatable bonds is 7. The summed E-state index contributed by atoms with van der Waals surface area (Å²) in [6.45, 7) is 2.60. The van der Waals surface area contributed by atoms with Gasteiger partial charge in [-0.3, -0.25) is 14.5 Å². The van der Waals surface area contributed by atoms with Crippen molar-refractivity contribution in [2.45, 2.75) is 12.6 Å². The van der Waals surface area contributed by atoms with Crippen LogP contribution in [0, 0.1) is 17.7 Å². The van der Waals surface area contributed by atoms with Gasteiger partial charge in [-0.15, -0.1) is 0 Å². The summed E-state index contributed by atoms with van der Waals surface area (Å²) >= 11 is 0. The fraction of sp³-hybridized carbons (Fsp3) is 0.391. The SMILES string of the molecule is COCCN1CC(C(=O)NCc2ccc(F)cc2)C2NN(c3ccccc3)C(=O)C2C1. The van der Waals surface area contributed by atoms with Gasteiger partial charge in [0.15, 0.2) is 0 Å². The van der Waals surface area contributed by atoms with E-state index in [4.69, 9.17) is 4.74 Å². The molecule has 164 valence electrons. The molecule has 8 heteroatoms. The van der Waals surface area contributed by atoms with E-state index in [1.54, 1.807) is 24.3 Å². The third kappa shape index (κ3) is 4.76. The Morgan fingerprint density at radius 2 is 1.90 bits per heavy atom. The van der Waals surface area contributed by atoms with E-state index in [9.17, 15) is 14.0 Å². The van der Waals surface area contributed by atoms with Crippen LogP contribution >= 0.6 is 0 Å². The second-order valence-electron chi connectivity index (χ2n) is 7.97. The Balaban J connectivity index is 1.50. The molecule has 2 fully saturated rings. The first-order valence-electron chi connectivity index (χ1n) is 10.5. The molecule has 2 saturated heterocycles. The van der Waals surface area contributed by atoms with E-state index in [1.165, 1.54) is 12.1 Å². The number of hydrazine groups is 1. The second kappa shape index (κ2) is 9.55. The summed E-state index contributed by atoms with van der Waals surface area (Å²) in [5, 5.41) is 4.52. The molecule has 0 bridgehead atoms. The molecular formula is C23H27FN4O3. The highest BCUT2D eigenvalue weighted by Crippen LogP contribution is 2.31. The Labute approximate surface area is 181 Å². The first-order valence-corrected chi connectivity index (χ1v) is 10.5. The number of nitrogens with one attached hydrogen (secondary N) is 2. The first kappa shape index (κ1) is 21.4. The van der Waals surface area contributed by atoms with E-state index in [-0.39, 0.29) is 29.6 Å². The molecule has 4 rings (SSSR count). The van der Waals surface area contributed by atoms with Gasteiger partial charge in [-0.1, -0.05) is 30.3 Å². The number of benzene rings is 2. The number of anilines is 1. The molecular weight excluding hydrogens is 399 g/mol. The number of para-hydroxylation sites is 1. The van der Waals surface area contributed by atoms with Gasteiger partial charge in [0.05, 0.1) is 30.2 Å². The second-order valence-corrected chi connectivity index (χ2v) is 7.97. The average Bonchev–Trinajstić information content (AvgIpc) is 3.13. The van der Waals surface area contributed by atoms with Gasteiger partial charge in [-0.25, -0.2) is 14.8 Å². The fourth-order valence-corrected chi connectivity index (χ4v) is 4.28. The average molecular weight is 426 g/mol. The molecule has 31 heavy (non-hydrogen) atoms. The minimum absolute atomic E-state index is 0.0327. The van der Waals surface area contributed by atoms with Crippen molar-refractivity contribution < 1.29 is 18.7 Å². The third-order valence-electron chi connectivity index (χ3n) is 5.94. The number of ether oxygens (including phenoxy) is 1. The minimum atomic E-state index is -0.409. The Hall–Kier alpha value is -2.81. The number of hydrogen-bond donors (Lipinski definition) is 2. The number of fused-ring (bicyclic) bond motifs is 1. The molecule has 0 spiro atoms. The Bertz CT molecular complexity index is 909. The number of methoxy groups -OCH3 is 1. The molecule has 7 nitrogen and oxygen atoms in total. The number of carbonyl (C=O) groups excluding carboxylic acids is 2. The molecule has 2 aliphatic heterocycles. The zero-order chi connectivity index (χ0) is 21.8. The van der Waals surface area contributed by atoms with Gasteiger partial charge in [0.1, 0.15) is 5.82 Å². The molecule has 0 aromatic heterocycles. The maximum atomic E-state index is 13.2. The van der Waals surface area contributed by atoms with Crippen LogP contribution in [0.15, 0.2) is 54.6 Å². The van der Waals surface area contributed by atoms with Crippen molar-refractivity contribution in [2.24, 2.45) is 11.8 Å². The van der Waals surface area contributed by atoms with Crippen LogP contribution in [0.5, 0.6) is 0 Å². The van der Waals surface area contributed by atoms with Crippen molar-refractivity contribution in [3.05, 3.63) is 66.0 Å². The van der Waals surface area contributed by atoms with Crippen molar-refractivity contribution in [1.29, 1.82) is 0 Å². The van der Waals surface area contributed by atoms with Gasteiger partial charge in [-0.05, 0) is 29.8 Å². The summed E-state index contributed by atoms with van der Waals surface area (Å²) in [5.41, 5.74) is 4.87. The van der Waals surface area contributed by atoms with Crippen LogP contribution in [0.25, 0.3) is 0 Å².